The number of alkyl halides is 3. The highest BCUT2D eigenvalue weighted by Gasteiger charge is 2.38. The van der Waals surface area contributed by atoms with E-state index in [0.717, 1.165) is 42.9 Å². The second-order valence-electron chi connectivity index (χ2n) is 5.35. The molecule has 0 unspecified atom stereocenters. The number of hydrogen-bond donors (Lipinski definition) is 2. The summed E-state index contributed by atoms with van der Waals surface area (Å²) >= 11 is 0. The Labute approximate surface area is 136 Å². The molecule has 0 aliphatic carbocycles. The number of ether oxygens (including phenoxy) is 1. The Morgan fingerprint density at radius 2 is 2.08 bits per heavy atom. The van der Waals surface area contributed by atoms with Crippen molar-refractivity contribution < 1.29 is 32.6 Å². The average molecular weight is 346 g/mol. The van der Waals surface area contributed by atoms with Gasteiger partial charge in [0.25, 0.3) is 5.91 Å². The number of piperazine rings is 1. The number of methoxy groups -OCH3 is 1. The predicted molar refractivity (Wildman–Crippen MR) is 78.1 cm³/mol. The van der Waals surface area contributed by atoms with Crippen LogP contribution >= 0.6 is 0 Å². The number of rotatable bonds is 1. The molecule has 0 bridgehead atoms. The van der Waals surface area contributed by atoms with Gasteiger partial charge in [-0.2, -0.15) is 13.2 Å². The molecule has 1 fully saturated rings. The van der Waals surface area contributed by atoms with Crippen LogP contribution in [0.5, 0.6) is 5.75 Å². The van der Waals surface area contributed by atoms with E-state index in [-0.39, 0.29) is 11.9 Å². The van der Waals surface area contributed by atoms with Crippen molar-refractivity contribution in [1.29, 1.82) is 0 Å². The molecule has 2 aliphatic heterocycles. The fourth-order valence-corrected chi connectivity index (χ4v) is 2.77. The number of nitrogens with zero attached hydrogens (tertiary/aromatic N) is 1. The third kappa shape index (κ3) is 3.78. The van der Waals surface area contributed by atoms with Crippen LogP contribution in [0.3, 0.4) is 0 Å². The molecule has 2 N–H and O–H groups in total. The third-order valence-electron chi connectivity index (χ3n) is 3.88. The van der Waals surface area contributed by atoms with Crippen molar-refractivity contribution in [2.45, 2.75) is 18.6 Å². The maximum atomic E-state index is 12.4. The molecule has 9 heteroatoms. The zero-order valence-corrected chi connectivity index (χ0v) is 12.9. The van der Waals surface area contributed by atoms with Crippen LogP contribution < -0.4 is 10.1 Å². The monoisotopic (exact) mass is 346 g/mol. The van der Waals surface area contributed by atoms with Crippen molar-refractivity contribution in [3.05, 3.63) is 29.3 Å². The smallest absolute Gasteiger partial charge is 0.490 e. The number of carbonyl (C=O) groups is 2. The first-order valence-corrected chi connectivity index (χ1v) is 7.23. The topological polar surface area (TPSA) is 78.9 Å². The van der Waals surface area contributed by atoms with E-state index in [1.54, 1.807) is 7.11 Å². The van der Waals surface area contributed by atoms with E-state index in [2.05, 4.69) is 5.32 Å². The van der Waals surface area contributed by atoms with Crippen molar-refractivity contribution in [1.82, 2.24) is 10.2 Å². The summed E-state index contributed by atoms with van der Waals surface area (Å²) in [7, 11) is 1.66. The lowest BCUT2D eigenvalue weighted by atomic mass is 9.91. The molecule has 1 amide bonds. The summed E-state index contributed by atoms with van der Waals surface area (Å²) in [4.78, 5) is 23.2. The minimum absolute atomic E-state index is 0.150. The summed E-state index contributed by atoms with van der Waals surface area (Å²) in [5, 5.41) is 10.5. The molecule has 3 rings (SSSR count). The molecular formula is C15H17F3N2O4. The average Bonchev–Trinajstić information content (AvgIpc) is 2.54. The van der Waals surface area contributed by atoms with E-state index in [1.165, 1.54) is 0 Å². The molecule has 1 saturated heterocycles. The summed E-state index contributed by atoms with van der Waals surface area (Å²) in [6, 6.07) is 5.99. The van der Waals surface area contributed by atoms with Gasteiger partial charge in [-0.3, -0.25) is 4.79 Å². The van der Waals surface area contributed by atoms with Crippen LogP contribution in [-0.2, 0) is 11.2 Å². The van der Waals surface area contributed by atoms with Crippen molar-refractivity contribution in [3.63, 3.8) is 0 Å². The normalized spacial score (nSPS) is 19.6. The van der Waals surface area contributed by atoms with E-state index in [0.29, 0.717) is 0 Å². The Bertz CT molecular complexity index is 634. The van der Waals surface area contributed by atoms with Crippen LogP contribution in [-0.4, -0.2) is 60.8 Å². The number of carboxylic acids is 1. The highest BCUT2D eigenvalue weighted by Crippen LogP contribution is 2.30. The second-order valence-corrected chi connectivity index (χ2v) is 5.35. The number of aliphatic carboxylic acids is 1. The molecule has 0 aromatic heterocycles. The molecule has 2 aliphatic rings. The van der Waals surface area contributed by atoms with Crippen molar-refractivity contribution in [3.8, 4) is 5.75 Å². The van der Waals surface area contributed by atoms with Crippen LogP contribution in [0.1, 0.15) is 15.9 Å². The van der Waals surface area contributed by atoms with Gasteiger partial charge in [-0.1, -0.05) is 6.07 Å². The van der Waals surface area contributed by atoms with Gasteiger partial charge in [-0.25, -0.2) is 4.79 Å². The largest absolute Gasteiger partial charge is 0.496 e. The zero-order valence-electron chi connectivity index (χ0n) is 12.9. The molecule has 6 nitrogen and oxygen atoms in total. The molecule has 0 saturated carbocycles. The Balaban J connectivity index is 0.000000256. The molecule has 1 aromatic carbocycles. The number of nitrogens with one attached hydrogen (secondary N) is 1. The van der Waals surface area contributed by atoms with Gasteiger partial charge in [0.2, 0.25) is 0 Å². The first-order valence-electron chi connectivity index (χ1n) is 7.23. The van der Waals surface area contributed by atoms with E-state index in [1.807, 2.05) is 23.1 Å². The van der Waals surface area contributed by atoms with Crippen molar-refractivity contribution >= 4 is 11.9 Å². The Morgan fingerprint density at radius 3 is 2.67 bits per heavy atom. The molecule has 1 aromatic rings. The second kappa shape index (κ2) is 7.08. The minimum atomic E-state index is -5.08. The van der Waals surface area contributed by atoms with Crippen molar-refractivity contribution in [2.75, 3.05) is 26.7 Å². The van der Waals surface area contributed by atoms with Crippen LogP contribution in [0.4, 0.5) is 13.2 Å². The molecule has 132 valence electrons. The zero-order chi connectivity index (χ0) is 17.9. The van der Waals surface area contributed by atoms with E-state index in [4.69, 9.17) is 14.6 Å². The number of carboxylic acid groups (broad SMARTS) is 1. The maximum Gasteiger partial charge on any atom is 0.490 e. The number of fused-ring (bicyclic) bond motifs is 2. The minimum Gasteiger partial charge on any atom is -0.496 e. The SMILES string of the molecule is COc1cccc2c1C[C@@H]1CNCCN1C2=O.O=C(O)C(F)(F)F. The lowest BCUT2D eigenvalue weighted by Crippen LogP contribution is -2.56. The molecule has 2 heterocycles. The van der Waals surface area contributed by atoms with Gasteiger partial charge in [0.15, 0.2) is 0 Å². The lowest BCUT2D eigenvalue weighted by molar-refractivity contribution is -0.192. The fraction of sp³-hybridized carbons (Fsp3) is 0.467. The molecule has 24 heavy (non-hydrogen) atoms. The number of benzene rings is 1. The quantitative estimate of drug-likeness (QED) is 0.801. The summed E-state index contributed by atoms with van der Waals surface area (Å²) in [5.74, 6) is -1.77. The first kappa shape index (κ1) is 18.1. The third-order valence-corrected chi connectivity index (χ3v) is 3.88. The van der Waals surface area contributed by atoms with E-state index in [9.17, 15) is 18.0 Å². The fourth-order valence-electron chi connectivity index (χ4n) is 2.77. The van der Waals surface area contributed by atoms with Gasteiger partial charge in [-0.15, -0.1) is 0 Å². The highest BCUT2D eigenvalue weighted by molar-refractivity contribution is 5.97. The standard InChI is InChI=1S/C13H16N2O2.C2HF3O2/c1-17-12-4-2-3-10-11(12)7-9-8-14-5-6-15(9)13(10)16;3-2(4,5)1(6)7/h2-4,9,14H,5-8H2,1H3;(H,6,7)/t9-;/m1./s1. The van der Waals surface area contributed by atoms with E-state index < -0.39 is 12.1 Å². The number of halogens is 3. The van der Waals surface area contributed by atoms with Crippen LogP contribution in [0, 0.1) is 0 Å². The predicted octanol–water partition coefficient (Wildman–Crippen LogP) is 1.30. The Morgan fingerprint density at radius 1 is 1.42 bits per heavy atom. The van der Waals surface area contributed by atoms with Gasteiger partial charge >= 0.3 is 12.1 Å². The lowest BCUT2D eigenvalue weighted by Gasteiger charge is -2.40. The number of hydrogen-bond acceptors (Lipinski definition) is 4. The van der Waals surface area contributed by atoms with Crippen molar-refractivity contribution in [2.24, 2.45) is 0 Å². The summed E-state index contributed by atoms with van der Waals surface area (Å²) in [6.45, 7) is 2.57. The van der Waals surface area contributed by atoms with Crippen LogP contribution in [0.2, 0.25) is 0 Å². The first-order chi connectivity index (χ1) is 11.3. The van der Waals surface area contributed by atoms with Gasteiger partial charge in [0.05, 0.1) is 7.11 Å². The van der Waals surface area contributed by atoms with Gasteiger partial charge in [0.1, 0.15) is 5.75 Å². The van der Waals surface area contributed by atoms with Gasteiger partial charge in [0, 0.05) is 36.8 Å². The molecule has 1 atom stereocenters. The molecular weight excluding hydrogens is 329 g/mol. The van der Waals surface area contributed by atoms with Crippen LogP contribution in [0.15, 0.2) is 18.2 Å². The number of carbonyl (C=O) groups excluding carboxylic acids is 1. The van der Waals surface area contributed by atoms with Crippen LogP contribution in [0.25, 0.3) is 0 Å². The highest BCUT2D eigenvalue weighted by atomic mass is 19.4. The Kier molecular flexibility index (Phi) is 5.33. The maximum absolute atomic E-state index is 12.4. The summed E-state index contributed by atoms with van der Waals surface area (Å²) in [6.07, 6.45) is -4.20. The number of amides is 1. The van der Waals surface area contributed by atoms with Gasteiger partial charge in [-0.05, 0) is 18.6 Å². The molecule has 0 spiro atoms. The summed E-state index contributed by atoms with van der Waals surface area (Å²) in [5.41, 5.74) is 1.87. The van der Waals surface area contributed by atoms with E-state index >= 15 is 0 Å². The van der Waals surface area contributed by atoms with Gasteiger partial charge < -0.3 is 20.1 Å². The Hall–Kier alpha value is -2.29. The molecule has 0 radical (unpaired) electrons. The summed E-state index contributed by atoms with van der Waals surface area (Å²) < 4.78 is 37.1.